The number of halogens is 2. The molecule has 0 radical (unpaired) electrons. The summed E-state index contributed by atoms with van der Waals surface area (Å²) in [4.78, 5) is 4.57. The highest BCUT2D eigenvalue weighted by Gasteiger charge is 2.11. The van der Waals surface area contributed by atoms with Gasteiger partial charge in [0.05, 0.1) is 5.69 Å². The first-order valence-corrected chi connectivity index (χ1v) is 7.60. The van der Waals surface area contributed by atoms with Gasteiger partial charge in [0.2, 0.25) is 0 Å². The Hall–Kier alpha value is -1.19. The first-order valence-electron chi connectivity index (χ1n) is 6.01. The molecule has 1 aliphatic carbocycles. The van der Waals surface area contributed by atoms with Crippen molar-refractivity contribution in [3.63, 3.8) is 0 Å². The van der Waals surface area contributed by atoms with Gasteiger partial charge in [-0.2, -0.15) is 0 Å². The van der Waals surface area contributed by atoms with E-state index in [0.29, 0.717) is 0 Å². The van der Waals surface area contributed by atoms with Crippen molar-refractivity contribution >= 4 is 49.3 Å². The van der Waals surface area contributed by atoms with Crippen LogP contribution in [-0.4, -0.2) is 6.21 Å². The number of hydrogen-bond acceptors (Lipinski definition) is 1. The van der Waals surface area contributed by atoms with Gasteiger partial charge in [-0.15, -0.1) is 0 Å². The second kappa shape index (κ2) is 5.43. The minimum Gasteiger partial charge on any atom is -0.255 e. The molecule has 2 aromatic rings. The summed E-state index contributed by atoms with van der Waals surface area (Å²) in [6.07, 6.45) is 5.17. The van der Waals surface area contributed by atoms with Gasteiger partial charge in [-0.3, -0.25) is 4.99 Å². The third-order valence-corrected chi connectivity index (χ3v) is 4.25. The fraction of sp³-hybridized carbons (Fsp3) is 0.0625. The van der Waals surface area contributed by atoms with Crippen LogP contribution in [0.2, 0.25) is 0 Å². The van der Waals surface area contributed by atoms with Crippen LogP contribution < -0.4 is 0 Å². The Kier molecular flexibility index (Phi) is 3.67. The Morgan fingerprint density at radius 3 is 2.74 bits per heavy atom. The van der Waals surface area contributed by atoms with Crippen LogP contribution in [0, 0.1) is 0 Å². The molecule has 0 saturated carbocycles. The van der Waals surface area contributed by atoms with Crippen molar-refractivity contribution in [1.29, 1.82) is 0 Å². The topological polar surface area (TPSA) is 12.4 Å². The van der Waals surface area contributed by atoms with Gasteiger partial charge >= 0.3 is 0 Å². The van der Waals surface area contributed by atoms with Crippen molar-refractivity contribution in [2.45, 2.75) is 6.42 Å². The maximum atomic E-state index is 4.57. The summed E-state index contributed by atoms with van der Waals surface area (Å²) in [5.41, 5.74) is 4.80. The van der Waals surface area contributed by atoms with Gasteiger partial charge in [-0.25, -0.2) is 0 Å². The predicted molar refractivity (Wildman–Crippen MR) is 88.1 cm³/mol. The van der Waals surface area contributed by atoms with Crippen LogP contribution in [0.4, 0.5) is 5.69 Å². The first kappa shape index (κ1) is 12.8. The minimum absolute atomic E-state index is 0.938. The molecule has 0 heterocycles. The van der Waals surface area contributed by atoms with E-state index in [2.05, 4.69) is 67.2 Å². The van der Waals surface area contributed by atoms with Gasteiger partial charge in [-0.1, -0.05) is 46.3 Å². The molecule has 0 aromatic heterocycles. The molecule has 1 aliphatic rings. The van der Waals surface area contributed by atoms with Gasteiger partial charge in [-0.05, 0) is 57.2 Å². The summed E-state index contributed by atoms with van der Waals surface area (Å²) in [6, 6.07) is 14.5. The number of aliphatic imine (C=N–C) groups is 1. The van der Waals surface area contributed by atoms with Gasteiger partial charge in [0.25, 0.3) is 0 Å². The van der Waals surface area contributed by atoms with E-state index in [0.717, 1.165) is 21.1 Å². The zero-order valence-electron chi connectivity index (χ0n) is 10.1. The Balaban J connectivity index is 1.89. The van der Waals surface area contributed by atoms with Crippen LogP contribution in [0.25, 0.3) is 5.57 Å². The van der Waals surface area contributed by atoms with Gasteiger partial charge < -0.3 is 0 Å². The van der Waals surface area contributed by atoms with E-state index >= 15 is 0 Å². The van der Waals surface area contributed by atoms with Crippen LogP contribution in [0.5, 0.6) is 0 Å². The van der Waals surface area contributed by atoms with Crippen molar-refractivity contribution in [1.82, 2.24) is 0 Å². The van der Waals surface area contributed by atoms with Gasteiger partial charge in [0, 0.05) is 15.2 Å². The molecule has 19 heavy (non-hydrogen) atoms. The summed E-state index contributed by atoms with van der Waals surface area (Å²) < 4.78 is 2.04. The lowest BCUT2D eigenvalue weighted by molar-refractivity contribution is 1.31. The Morgan fingerprint density at radius 1 is 1.05 bits per heavy atom. The largest absolute Gasteiger partial charge is 0.255 e. The van der Waals surface area contributed by atoms with Crippen LogP contribution in [0.3, 0.4) is 0 Å². The Bertz CT molecular complexity index is 687. The normalized spacial score (nSPS) is 13.7. The summed E-state index contributed by atoms with van der Waals surface area (Å²) in [7, 11) is 0. The minimum atomic E-state index is 0.938. The average Bonchev–Trinajstić information content (AvgIpc) is 2.81. The Morgan fingerprint density at radius 2 is 1.89 bits per heavy atom. The van der Waals surface area contributed by atoms with E-state index < -0.39 is 0 Å². The summed E-state index contributed by atoms with van der Waals surface area (Å²) in [5.74, 6) is 0. The van der Waals surface area contributed by atoms with E-state index in [-0.39, 0.29) is 0 Å². The second-order valence-electron chi connectivity index (χ2n) is 4.37. The molecule has 0 amide bonds. The number of benzene rings is 2. The summed E-state index contributed by atoms with van der Waals surface area (Å²) in [5, 5.41) is 0. The fourth-order valence-electron chi connectivity index (χ4n) is 2.16. The zero-order chi connectivity index (χ0) is 13.2. The zero-order valence-corrected chi connectivity index (χ0v) is 13.3. The van der Waals surface area contributed by atoms with Crippen LogP contribution in [-0.2, 0) is 6.42 Å². The predicted octanol–water partition coefficient (Wildman–Crippen LogP) is 5.55. The van der Waals surface area contributed by atoms with Crippen molar-refractivity contribution in [2.24, 2.45) is 4.99 Å². The third kappa shape index (κ3) is 2.72. The van der Waals surface area contributed by atoms with E-state index in [9.17, 15) is 0 Å². The molecule has 0 atom stereocenters. The summed E-state index contributed by atoms with van der Waals surface area (Å²) in [6.45, 7) is 0. The highest BCUT2D eigenvalue weighted by atomic mass is 79.9. The average molecular weight is 377 g/mol. The molecule has 94 valence electrons. The number of allylic oxidation sites excluding steroid dienone is 2. The molecule has 0 fully saturated rings. The molecular formula is C16H11Br2N. The monoisotopic (exact) mass is 375 g/mol. The lowest BCUT2D eigenvalue weighted by Crippen LogP contribution is -1.84. The lowest BCUT2D eigenvalue weighted by Gasteiger charge is -2.01. The maximum Gasteiger partial charge on any atom is 0.0772 e. The molecular weight excluding hydrogens is 366 g/mol. The van der Waals surface area contributed by atoms with Crippen LogP contribution >= 0.6 is 31.9 Å². The molecule has 2 aromatic carbocycles. The smallest absolute Gasteiger partial charge is 0.0772 e. The quantitative estimate of drug-likeness (QED) is 0.609. The standard InChI is InChI=1S/C16H11Br2N/c17-13-7-8-16(15(18)9-13)19-10-12-6-5-11-3-1-2-4-14(11)12/h1-4,6-10H,5H2. The molecule has 1 nitrogen and oxygen atoms in total. The van der Waals surface area contributed by atoms with Crippen molar-refractivity contribution < 1.29 is 0 Å². The van der Waals surface area contributed by atoms with Gasteiger partial charge in [0.15, 0.2) is 0 Å². The molecule has 3 heteroatoms. The van der Waals surface area contributed by atoms with Gasteiger partial charge in [0.1, 0.15) is 0 Å². The van der Waals surface area contributed by atoms with E-state index in [1.165, 1.54) is 16.7 Å². The highest BCUT2D eigenvalue weighted by molar-refractivity contribution is 9.11. The fourth-order valence-corrected chi connectivity index (χ4v) is 3.31. The molecule has 0 N–H and O–H groups in total. The molecule has 0 aliphatic heterocycles. The first-order chi connectivity index (χ1) is 9.24. The van der Waals surface area contributed by atoms with Crippen molar-refractivity contribution in [2.75, 3.05) is 0 Å². The molecule has 0 bridgehead atoms. The number of nitrogens with zero attached hydrogens (tertiary/aromatic N) is 1. The number of rotatable bonds is 2. The van der Waals surface area contributed by atoms with E-state index in [1.54, 1.807) is 0 Å². The molecule has 0 unspecified atom stereocenters. The van der Waals surface area contributed by atoms with Crippen LogP contribution in [0.1, 0.15) is 11.1 Å². The van der Waals surface area contributed by atoms with E-state index in [1.807, 2.05) is 24.4 Å². The molecule has 3 rings (SSSR count). The number of fused-ring (bicyclic) bond motifs is 1. The van der Waals surface area contributed by atoms with Crippen molar-refractivity contribution in [3.05, 3.63) is 68.6 Å². The molecule has 0 saturated heterocycles. The van der Waals surface area contributed by atoms with E-state index in [4.69, 9.17) is 0 Å². The highest BCUT2D eigenvalue weighted by Crippen LogP contribution is 2.30. The van der Waals surface area contributed by atoms with Crippen molar-refractivity contribution in [3.8, 4) is 0 Å². The van der Waals surface area contributed by atoms with Crippen LogP contribution in [0.15, 0.2) is 62.5 Å². The number of hydrogen-bond donors (Lipinski definition) is 0. The summed E-state index contributed by atoms with van der Waals surface area (Å²) >= 11 is 6.97. The second-order valence-corrected chi connectivity index (χ2v) is 6.14. The molecule has 0 spiro atoms. The third-order valence-electron chi connectivity index (χ3n) is 3.12. The Labute approximate surface area is 129 Å². The maximum absolute atomic E-state index is 4.57. The SMILES string of the molecule is Brc1ccc(N=CC2=CCc3ccccc32)c(Br)c1. The lowest BCUT2D eigenvalue weighted by atomic mass is 10.1.